The van der Waals surface area contributed by atoms with Gasteiger partial charge >= 0.3 is 0 Å². The summed E-state index contributed by atoms with van der Waals surface area (Å²) < 4.78 is 1.51. The predicted octanol–water partition coefficient (Wildman–Crippen LogP) is 3.87. The van der Waals surface area contributed by atoms with Gasteiger partial charge in [-0.1, -0.05) is 25.0 Å². The van der Waals surface area contributed by atoms with Crippen LogP contribution in [0.4, 0.5) is 11.4 Å². The normalized spacial score (nSPS) is 14.8. The molecule has 0 radical (unpaired) electrons. The highest BCUT2D eigenvalue weighted by Crippen LogP contribution is 2.28. The van der Waals surface area contributed by atoms with Gasteiger partial charge in [0.15, 0.2) is 0 Å². The quantitative estimate of drug-likeness (QED) is 0.711. The lowest BCUT2D eigenvalue weighted by atomic mass is 10.2. The third-order valence-electron chi connectivity index (χ3n) is 5.16. The lowest BCUT2D eigenvalue weighted by Crippen LogP contribution is -2.26. The molecule has 1 saturated heterocycles. The number of rotatable bonds is 5. The number of fused-ring (bicyclic) bond motifs is 1. The van der Waals surface area contributed by atoms with Crippen molar-refractivity contribution in [2.45, 2.75) is 38.6 Å². The molecule has 1 aromatic carbocycles. The van der Waals surface area contributed by atoms with Crippen LogP contribution in [-0.4, -0.2) is 28.5 Å². The molecule has 146 valence electrons. The summed E-state index contributed by atoms with van der Waals surface area (Å²) in [6.45, 7) is 2.36. The van der Waals surface area contributed by atoms with Crippen LogP contribution in [0.15, 0.2) is 46.8 Å². The number of aryl methyl sites for hydroxylation is 1. The highest BCUT2D eigenvalue weighted by atomic mass is 32.1. The van der Waals surface area contributed by atoms with E-state index in [2.05, 4.69) is 21.3 Å². The van der Waals surface area contributed by atoms with Crippen LogP contribution in [0.1, 0.15) is 32.1 Å². The zero-order valence-corrected chi connectivity index (χ0v) is 16.6. The molecule has 0 saturated carbocycles. The standard InChI is InChI=1S/C21H24N4O2S/c26-19(9-13-25-15-22-20-16(21(25)27)10-14-28-20)23-17-7-3-4-8-18(17)24-11-5-1-2-6-12-24/h3-4,7-8,10,14-15H,1-2,5-6,9,11-13H2,(H,23,26). The first-order valence-corrected chi connectivity index (χ1v) is 10.7. The second kappa shape index (κ2) is 8.56. The lowest BCUT2D eigenvalue weighted by Gasteiger charge is -2.25. The number of amides is 1. The second-order valence-corrected chi connectivity index (χ2v) is 7.99. The average Bonchev–Trinajstić information content (AvgIpc) is 3.03. The molecule has 0 aliphatic carbocycles. The van der Waals surface area contributed by atoms with E-state index in [-0.39, 0.29) is 17.9 Å². The monoisotopic (exact) mass is 396 g/mol. The molecule has 4 rings (SSSR count). The molecule has 1 aliphatic heterocycles. The number of hydrogen-bond acceptors (Lipinski definition) is 5. The third kappa shape index (κ3) is 4.09. The molecule has 2 aromatic heterocycles. The molecule has 0 spiro atoms. The molecule has 28 heavy (non-hydrogen) atoms. The van der Waals surface area contributed by atoms with Crippen molar-refractivity contribution in [3.63, 3.8) is 0 Å². The number of nitrogens with zero attached hydrogens (tertiary/aromatic N) is 3. The Morgan fingerprint density at radius 3 is 2.71 bits per heavy atom. The smallest absolute Gasteiger partial charge is 0.262 e. The van der Waals surface area contributed by atoms with Gasteiger partial charge in [-0.3, -0.25) is 14.2 Å². The molecule has 1 fully saturated rings. The summed E-state index contributed by atoms with van der Waals surface area (Å²) in [6.07, 6.45) is 6.66. The molecule has 3 heterocycles. The highest BCUT2D eigenvalue weighted by molar-refractivity contribution is 7.16. The van der Waals surface area contributed by atoms with Crippen LogP contribution in [-0.2, 0) is 11.3 Å². The first kappa shape index (κ1) is 18.7. The molecule has 0 atom stereocenters. The Hall–Kier alpha value is -2.67. The third-order valence-corrected chi connectivity index (χ3v) is 5.98. The van der Waals surface area contributed by atoms with Gasteiger partial charge in [-0.05, 0) is 36.4 Å². The number of aromatic nitrogens is 2. The highest BCUT2D eigenvalue weighted by Gasteiger charge is 2.15. The minimum atomic E-state index is -0.0976. The van der Waals surface area contributed by atoms with Gasteiger partial charge in [0.05, 0.1) is 23.1 Å². The van der Waals surface area contributed by atoms with Gasteiger partial charge in [0.2, 0.25) is 5.91 Å². The number of carbonyl (C=O) groups excluding carboxylic acids is 1. The second-order valence-electron chi connectivity index (χ2n) is 7.10. The van der Waals surface area contributed by atoms with E-state index in [0.717, 1.165) is 29.3 Å². The van der Waals surface area contributed by atoms with E-state index in [0.29, 0.717) is 11.9 Å². The number of hydrogen-bond donors (Lipinski definition) is 1. The summed E-state index contributed by atoms with van der Waals surface area (Å²) >= 11 is 1.44. The van der Waals surface area contributed by atoms with E-state index in [1.165, 1.54) is 47.9 Å². The number of nitrogens with one attached hydrogen (secondary N) is 1. The van der Waals surface area contributed by atoms with Gasteiger partial charge in [-0.15, -0.1) is 11.3 Å². The molecule has 6 nitrogen and oxygen atoms in total. The van der Waals surface area contributed by atoms with E-state index < -0.39 is 0 Å². The number of carbonyl (C=O) groups is 1. The zero-order valence-electron chi connectivity index (χ0n) is 15.8. The summed E-state index contributed by atoms with van der Waals surface area (Å²) in [7, 11) is 0. The minimum absolute atomic E-state index is 0.0935. The molecule has 7 heteroatoms. The van der Waals surface area contributed by atoms with Gasteiger partial charge in [-0.2, -0.15) is 0 Å². The summed E-state index contributed by atoms with van der Waals surface area (Å²) in [5.41, 5.74) is 1.83. The molecule has 3 aromatic rings. The van der Waals surface area contributed by atoms with Crippen LogP contribution < -0.4 is 15.8 Å². The first-order valence-electron chi connectivity index (χ1n) is 9.79. The van der Waals surface area contributed by atoms with Crippen molar-refractivity contribution in [3.8, 4) is 0 Å². The largest absolute Gasteiger partial charge is 0.370 e. The van der Waals surface area contributed by atoms with Crippen molar-refractivity contribution in [1.29, 1.82) is 0 Å². The Morgan fingerprint density at radius 1 is 1.11 bits per heavy atom. The van der Waals surface area contributed by atoms with Crippen LogP contribution in [0.3, 0.4) is 0 Å². The molecular formula is C21H24N4O2S. The van der Waals surface area contributed by atoms with E-state index in [1.807, 2.05) is 23.6 Å². The summed E-state index contributed by atoms with van der Waals surface area (Å²) in [4.78, 5) is 32.4. The van der Waals surface area contributed by atoms with Crippen molar-refractivity contribution in [2.24, 2.45) is 0 Å². The van der Waals surface area contributed by atoms with Gasteiger partial charge in [0.25, 0.3) is 5.56 Å². The van der Waals surface area contributed by atoms with Crippen LogP contribution >= 0.6 is 11.3 Å². The Morgan fingerprint density at radius 2 is 1.89 bits per heavy atom. The van der Waals surface area contributed by atoms with Crippen molar-refractivity contribution >= 4 is 38.8 Å². The molecule has 1 N–H and O–H groups in total. The van der Waals surface area contributed by atoms with Gasteiger partial charge < -0.3 is 10.2 Å². The summed E-state index contributed by atoms with van der Waals surface area (Å²) in [5.74, 6) is -0.0976. The van der Waals surface area contributed by atoms with E-state index in [4.69, 9.17) is 0 Å². The maximum absolute atomic E-state index is 12.6. The zero-order chi connectivity index (χ0) is 19.3. The molecular weight excluding hydrogens is 372 g/mol. The van der Waals surface area contributed by atoms with Crippen LogP contribution in [0.5, 0.6) is 0 Å². The SMILES string of the molecule is O=C(CCn1cnc2sccc2c1=O)Nc1ccccc1N1CCCCCC1. The fourth-order valence-electron chi connectivity index (χ4n) is 3.65. The number of thiophene rings is 1. The topological polar surface area (TPSA) is 67.2 Å². The van der Waals surface area contributed by atoms with Crippen LogP contribution in [0, 0.1) is 0 Å². The van der Waals surface area contributed by atoms with E-state index in [1.54, 1.807) is 6.07 Å². The summed E-state index contributed by atoms with van der Waals surface area (Å²) in [5, 5.41) is 5.50. The molecule has 1 aliphatic rings. The molecule has 1 amide bonds. The number of anilines is 2. The van der Waals surface area contributed by atoms with Crippen molar-refractivity contribution in [1.82, 2.24) is 9.55 Å². The first-order chi connectivity index (χ1) is 13.7. The average molecular weight is 397 g/mol. The Kier molecular flexibility index (Phi) is 5.71. The van der Waals surface area contributed by atoms with Crippen molar-refractivity contribution < 1.29 is 4.79 Å². The Bertz CT molecular complexity index is 1020. The fraction of sp³-hybridized carbons (Fsp3) is 0.381. The predicted molar refractivity (Wildman–Crippen MR) is 114 cm³/mol. The molecule has 0 bridgehead atoms. The number of para-hydroxylation sites is 2. The number of benzene rings is 1. The minimum Gasteiger partial charge on any atom is -0.370 e. The molecule has 0 unspecified atom stereocenters. The maximum Gasteiger partial charge on any atom is 0.262 e. The van der Waals surface area contributed by atoms with Crippen molar-refractivity contribution in [2.75, 3.05) is 23.3 Å². The van der Waals surface area contributed by atoms with Crippen molar-refractivity contribution in [3.05, 3.63) is 52.4 Å². The van der Waals surface area contributed by atoms with Crippen LogP contribution in [0.2, 0.25) is 0 Å². The fourth-order valence-corrected chi connectivity index (χ4v) is 4.38. The Balaban J connectivity index is 1.43. The summed E-state index contributed by atoms with van der Waals surface area (Å²) in [6, 6.07) is 9.75. The van der Waals surface area contributed by atoms with E-state index in [9.17, 15) is 9.59 Å². The van der Waals surface area contributed by atoms with E-state index >= 15 is 0 Å². The van der Waals surface area contributed by atoms with Gasteiger partial charge in [0, 0.05) is 26.1 Å². The van der Waals surface area contributed by atoms with Crippen LogP contribution in [0.25, 0.3) is 10.2 Å². The van der Waals surface area contributed by atoms with Gasteiger partial charge in [0.1, 0.15) is 4.83 Å². The van der Waals surface area contributed by atoms with Gasteiger partial charge in [-0.25, -0.2) is 4.98 Å². The maximum atomic E-state index is 12.6. The lowest BCUT2D eigenvalue weighted by molar-refractivity contribution is -0.116. The Labute approximate surface area is 167 Å².